The van der Waals surface area contributed by atoms with Gasteiger partial charge in [-0.25, -0.2) is 9.97 Å². The second-order valence-corrected chi connectivity index (χ2v) is 6.93. The van der Waals surface area contributed by atoms with Gasteiger partial charge in [0.05, 0.1) is 18.3 Å². The van der Waals surface area contributed by atoms with Crippen LogP contribution in [-0.4, -0.2) is 28.0 Å². The largest absolute Gasteiger partial charge is 0.493 e. The van der Waals surface area contributed by atoms with Crippen LogP contribution in [0.5, 0.6) is 11.5 Å². The zero-order chi connectivity index (χ0) is 20.5. The van der Waals surface area contributed by atoms with Crippen LogP contribution < -0.4 is 14.8 Å². The summed E-state index contributed by atoms with van der Waals surface area (Å²) in [6.45, 7) is 0.376. The molecule has 0 aliphatic carbocycles. The van der Waals surface area contributed by atoms with Gasteiger partial charge in [0.1, 0.15) is 18.9 Å². The van der Waals surface area contributed by atoms with Crippen LogP contribution in [0, 0.1) is 0 Å². The van der Waals surface area contributed by atoms with Gasteiger partial charge in [-0.1, -0.05) is 18.2 Å². The van der Waals surface area contributed by atoms with Crippen LogP contribution in [0.1, 0.15) is 22.7 Å². The van der Waals surface area contributed by atoms with Crippen LogP contribution in [0.4, 0.5) is 5.69 Å². The number of aromatic nitrogens is 3. The minimum absolute atomic E-state index is 0. The van der Waals surface area contributed by atoms with Gasteiger partial charge in [0.25, 0.3) is 0 Å². The molecule has 2 aromatic carbocycles. The first-order valence-electron chi connectivity index (χ1n) is 9.48. The Kier molecular flexibility index (Phi) is 5.68. The Labute approximate surface area is 184 Å². The third kappa shape index (κ3) is 3.75. The number of para-hydroxylation sites is 1. The van der Waals surface area contributed by atoms with E-state index in [0.29, 0.717) is 29.3 Å². The van der Waals surface area contributed by atoms with Gasteiger partial charge < -0.3 is 14.8 Å². The maximum absolute atomic E-state index is 12.7. The number of benzene rings is 2. The number of carbonyl (C=O) groups is 1. The highest BCUT2D eigenvalue weighted by Crippen LogP contribution is 2.40. The van der Waals surface area contributed by atoms with Gasteiger partial charge in [0.15, 0.2) is 11.5 Å². The molecule has 1 aliphatic heterocycles. The number of hydrogen-bond donors (Lipinski definition) is 1. The molecule has 0 radical (unpaired) electrons. The lowest BCUT2D eigenvalue weighted by Gasteiger charge is -2.15. The SMILES string of the molecule is COc1cc2c(C3C(=O)Nc4ccccc43)ncnc2cc1OCc1ccncc1.Cl. The van der Waals surface area contributed by atoms with Crippen LogP contribution in [0.3, 0.4) is 0 Å². The molecule has 8 heteroatoms. The average molecular weight is 435 g/mol. The van der Waals surface area contributed by atoms with Crippen molar-refractivity contribution in [3.05, 3.63) is 84.1 Å². The number of amides is 1. The highest BCUT2D eigenvalue weighted by atomic mass is 35.5. The van der Waals surface area contributed by atoms with Crippen molar-refractivity contribution < 1.29 is 14.3 Å². The van der Waals surface area contributed by atoms with Gasteiger partial charge in [-0.15, -0.1) is 12.4 Å². The number of anilines is 1. The molecular formula is C23H19ClN4O3. The number of rotatable bonds is 5. The number of halogens is 1. The predicted molar refractivity (Wildman–Crippen MR) is 119 cm³/mol. The number of hydrogen-bond acceptors (Lipinski definition) is 6. The Balaban J connectivity index is 0.00000231. The minimum atomic E-state index is -0.500. The fourth-order valence-electron chi connectivity index (χ4n) is 3.71. The molecule has 1 unspecified atom stereocenters. The molecule has 7 nitrogen and oxygen atoms in total. The third-order valence-corrected chi connectivity index (χ3v) is 5.16. The molecule has 1 atom stereocenters. The number of carbonyl (C=O) groups excluding carboxylic acids is 1. The number of methoxy groups -OCH3 is 1. The van der Waals surface area contributed by atoms with Crippen molar-refractivity contribution in [1.29, 1.82) is 0 Å². The Morgan fingerprint density at radius 1 is 1.03 bits per heavy atom. The molecule has 0 saturated heterocycles. The van der Waals surface area contributed by atoms with E-state index in [2.05, 4.69) is 20.3 Å². The summed E-state index contributed by atoms with van der Waals surface area (Å²) in [5, 5.41) is 3.68. The first kappa shape index (κ1) is 20.6. The average Bonchev–Trinajstić information content (AvgIpc) is 3.12. The van der Waals surface area contributed by atoms with Gasteiger partial charge in [0, 0.05) is 29.5 Å². The Hall–Kier alpha value is -3.71. The topological polar surface area (TPSA) is 86.2 Å². The number of nitrogens with zero attached hydrogens (tertiary/aromatic N) is 3. The first-order valence-corrected chi connectivity index (χ1v) is 9.48. The van der Waals surface area contributed by atoms with E-state index in [-0.39, 0.29) is 18.3 Å². The quantitative estimate of drug-likeness (QED) is 0.508. The summed E-state index contributed by atoms with van der Waals surface area (Å²) in [4.78, 5) is 25.6. The molecule has 2 aromatic heterocycles. The molecule has 4 aromatic rings. The number of fused-ring (bicyclic) bond motifs is 2. The lowest BCUT2D eigenvalue weighted by atomic mass is 9.94. The van der Waals surface area contributed by atoms with Crippen molar-refractivity contribution in [2.45, 2.75) is 12.5 Å². The van der Waals surface area contributed by atoms with Crippen molar-refractivity contribution in [3.63, 3.8) is 0 Å². The number of pyridine rings is 1. The standard InChI is InChI=1S/C23H18N4O3.ClH/c1-29-19-10-16-18(11-20(19)30-12-14-6-8-24-9-7-14)25-13-26-22(16)21-15-4-2-3-5-17(15)27-23(21)28;/h2-11,13,21H,12H2,1H3,(H,27,28);1H. The van der Waals surface area contributed by atoms with E-state index in [1.54, 1.807) is 19.5 Å². The van der Waals surface area contributed by atoms with Crippen LogP contribution in [-0.2, 0) is 11.4 Å². The van der Waals surface area contributed by atoms with Crippen molar-refractivity contribution >= 4 is 34.9 Å². The zero-order valence-electron chi connectivity index (χ0n) is 16.6. The molecule has 5 rings (SSSR count). The van der Waals surface area contributed by atoms with E-state index in [4.69, 9.17) is 9.47 Å². The molecule has 0 spiro atoms. The molecule has 0 saturated carbocycles. The fraction of sp³-hybridized carbons (Fsp3) is 0.130. The summed E-state index contributed by atoms with van der Waals surface area (Å²) in [7, 11) is 1.58. The maximum Gasteiger partial charge on any atom is 0.238 e. The van der Waals surface area contributed by atoms with Gasteiger partial charge in [-0.2, -0.15) is 0 Å². The summed E-state index contributed by atoms with van der Waals surface area (Å²) < 4.78 is 11.5. The van der Waals surface area contributed by atoms with Crippen molar-refractivity contribution in [2.75, 3.05) is 12.4 Å². The number of ether oxygens (including phenoxy) is 2. The zero-order valence-corrected chi connectivity index (χ0v) is 17.4. The van der Waals surface area contributed by atoms with Gasteiger partial charge in [0.2, 0.25) is 5.91 Å². The monoisotopic (exact) mass is 434 g/mol. The molecule has 1 amide bonds. The lowest BCUT2D eigenvalue weighted by molar-refractivity contribution is -0.116. The second-order valence-electron chi connectivity index (χ2n) is 6.93. The minimum Gasteiger partial charge on any atom is -0.493 e. The van der Waals surface area contributed by atoms with Crippen molar-refractivity contribution in [2.24, 2.45) is 0 Å². The predicted octanol–water partition coefficient (Wildman–Crippen LogP) is 4.12. The fourth-order valence-corrected chi connectivity index (χ4v) is 3.71. The Bertz CT molecular complexity index is 1250. The molecule has 0 fully saturated rings. The van der Waals surface area contributed by atoms with E-state index >= 15 is 0 Å². The Morgan fingerprint density at radius 3 is 2.65 bits per heavy atom. The summed E-state index contributed by atoms with van der Waals surface area (Å²) in [6.07, 6.45) is 4.92. The molecule has 31 heavy (non-hydrogen) atoms. The summed E-state index contributed by atoms with van der Waals surface area (Å²) >= 11 is 0. The highest BCUT2D eigenvalue weighted by Gasteiger charge is 2.34. The van der Waals surface area contributed by atoms with E-state index in [9.17, 15) is 4.79 Å². The molecular weight excluding hydrogens is 416 g/mol. The summed E-state index contributed by atoms with van der Waals surface area (Å²) in [5.41, 5.74) is 4.03. The van der Waals surface area contributed by atoms with Gasteiger partial charge >= 0.3 is 0 Å². The molecule has 1 N–H and O–H groups in total. The summed E-state index contributed by atoms with van der Waals surface area (Å²) in [6, 6.07) is 15.1. The van der Waals surface area contributed by atoms with Gasteiger partial charge in [-0.05, 0) is 35.4 Å². The normalized spacial score (nSPS) is 14.5. The molecule has 1 aliphatic rings. The molecule has 3 heterocycles. The number of nitrogens with one attached hydrogen (secondary N) is 1. The van der Waals surface area contributed by atoms with Crippen LogP contribution in [0.15, 0.2) is 67.3 Å². The van der Waals surface area contributed by atoms with Crippen molar-refractivity contribution in [1.82, 2.24) is 15.0 Å². The van der Waals surface area contributed by atoms with E-state index in [0.717, 1.165) is 22.2 Å². The van der Waals surface area contributed by atoms with Crippen molar-refractivity contribution in [3.8, 4) is 11.5 Å². The Morgan fingerprint density at radius 2 is 1.84 bits per heavy atom. The molecule has 0 bridgehead atoms. The van der Waals surface area contributed by atoms with Crippen LogP contribution >= 0.6 is 12.4 Å². The maximum atomic E-state index is 12.7. The van der Waals surface area contributed by atoms with E-state index in [1.807, 2.05) is 48.5 Å². The van der Waals surface area contributed by atoms with E-state index in [1.165, 1.54) is 6.33 Å². The van der Waals surface area contributed by atoms with Gasteiger partial charge in [-0.3, -0.25) is 9.78 Å². The summed E-state index contributed by atoms with van der Waals surface area (Å²) in [5.74, 6) is 0.523. The lowest BCUT2D eigenvalue weighted by Crippen LogP contribution is -2.15. The second kappa shape index (κ2) is 8.57. The van der Waals surface area contributed by atoms with Crippen LogP contribution in [0.2, 0.25) is 0 Å². The molecule has 156 valence electrons. The van der Waals surface area contributed by atoms with E-state index < -0.39 is 5.92 Å². The van der Waals surface area contributed by atoms with Crippen LogP contribution in [0.25, 0.3) is 10.9 Å². The smallest absolute Gasteiger partial charge is 0.238 e. The first-order chi connectivity index (χ1) is 14.7. The third-order valence-electron chi connectivity index (χ3n) is 5.16. The highest BCUT2D eigenvalue weighted by molar-refractivity contribution is 6.06.